The Bertz CT molecular complexity index is 570. The van der Waals surface area contributed by atoms with Gasteiger partial charge in [0, 0.05) is 19.2 Å². The van der Waals surface area contributed by atoms with E-state index < -0.39 is 11.6 Å². The van der Waals surface area contributed by atoms with Crippen LogP contribution in [0.2, 0.25) is 0 Å². The second-order valence-electron chi connectivity index (χ2n) is 5.01. The van der Waals surface area contributed by atoms with E-state index in [0.29, 0.717) is 17.7 Å². The van der Waals surface area contributed by atoms with Gasteiger partial charge in [-0.15, -0.1) is 0 Å². The molecule has 5 nitrogen and oxygen atoms in total. The number of fused-ring (bicyclic) bond motifs is 2. The van der Waals surface area contributed by atoms with E-state index in [4.69, 9.17) is 4.74 Å². The number of rotatable bonds is 1. The van der Waals surface area contributed by atoms with Crippen LogP contribution in [0.3, 0.4) is 0 Å². The highest BCUT2D eigenvalue weighted by Crippen LogP contribution is 2.46. The minimum atomic E-state index is -1.63. The molecule has 100 valence electrons. The average molecular weight is 260 g/mol. The summed E-state index contributed by atoms with van der Waals surface area (Å²) in [6.07, 6.45) is 0.690. The van der Waals surface area contributed by atoms with Gasteiger partial charge in [-0.3, -0.25) is 0 Å². The molecule has 2 aliphatic heterocycles. The van der Waals surface area contributed by atoms with Crippen molar-refractivity contribution in [1.82, 2.24) is 4.90 Å². The number of ether oxygens (including phenoxy) is 1. The molecule has 0 spiro atoms. The monoisotopic (exact) mass is 260 g/mol. The van der Waals surface area contributed by atoms with Gasteiger partial charge < -0.3 is 14.7 Å². The molecule has 0 aromatic heterocycles. The van der Waals surface area contributed by atoms with Crippen molar-refractivity contribution in [3.8, 4) is 0 Å². The molecule has 1 aromatic rings. The van der Waals surface area contributed by atoms with Crippen molar-refractivity contribution in [3.05, 3.63) is 29.8 Å². The highest BCUT2D eigenvalue weighted by atomic mass is 16.5. The molecule has 1 N–H and O–H groups in total. The fraction of sp³-hybridized carbons (Fsp3) is 0.429. The number of hydrogen-bond donors (Lipinski definition) is 1. The van der Waals surface area contributed by atoms with Crippen LogP contribution in [0.25, 0.3) is 0 Å². The maximum Gasteiger partial charge on any atom is 0.343 e. The summed E-state index contributed by atoms with van der Waals surface area (Å²) >= 11 is 0. The Hall–Kier alpha value is -1.88. The number of methoxy groups -OCH3 is 1. The third-order valence-corrected chi connectivity index (χ3v) is 4.01. The summed E-state index contributed by atoms with van der Waals surface area (Å²) in [5.74, 6) is -0.195. The van der Waals surface area contributed by atoms with E-state index >= 15 is 0 Å². The molecular formula is C14H16N2O3. The van der Waals surface area contributed by atoms with Crippen molar-refractivity contribution in [2.45, 2.75) is 12.0 Å². The molecule has 19 heavy (non-hydrogen) atoms. The molecule has 0 radical (unpaired) electrons. The molecule has 1 aromatic carbocycles. The predicted molar refractivity (Wildman–Crippen MR) is 70.2 cm³/mol. The second kappa shape index (κ2) is 4.06. The number of likely N-dealkylation sites (tertiary alicyclic amines) is 1. The third kappa shape index (κ3) is 1.51. The van der Waals surface area contributed by atoms with Crippen LogP contribution in [0.5, 0.6) is 0 Å². The largest absolute Gasteiger partial charge is 0.467 e. The van der Waals surface area contributed by atoms with Gasteiger partial charge in [-0.05, 0) is 12.5 Å². The van der Waals surface area contributed by atoms with E-state index in [1.165, 1.54) is 7.11 Å². The van der Waals surface area contributed by atoms with Gasteiger partial charge in [0.15, 0.2) is 5.60 Å². The van der Waals surface area contributed by atoms with Gasteiger partial charge in [0.2, 0.25) is 0 Å². The lowest BCUT2D eigenvalue weighted by atomic mass is 9.77. The van der Waals surface area contributed by atoms with Crippen molar-refractivity contribution in [2.75, 3.05) is 20.7 Å². The number of esters is 1. The predicted octanol–water partition coefficient (Wildman–Crippen LogP) is 1.04. The van der Waals surface area contributed by atoms with E-state index in [2.05, 4.69) is 4.99 Å². The molecule has 0 bridgehead atoms. The number of carbonyl (C=O) groups is 1. The minimum absolute atomic E-state index is 0.333. The van der Waals surface area contributed by atoms with Crippen molar-refractivity contribution in [2.24, 2.45) is 10.9 Å². The SMILES string of the molecule is COC(=O)[C@@]1(O)c2ccccc2N=C2[C@@H]1CCN2C. The highest BCUT2D eigenvalue weighted by Gasteiger charge is 2.54. The molecule has 1 fully saturated rings. The van der Waals surface area contributed by atoms with Crippen LogP contribution in [-0.4, -0.2) is 42.5 Å². The van der Waals surface area contributed by atoms with Crippen LogP contribution in [0, 0.1) is 5.92 Å². The standard InChI is InChI=1S/C14H16N2O3/c1-16-8-7-10-12(16)15-11-6-4-3-5-9(11)14(10,18)13(17)19-2/h3-6,10,18H,7-8H2,1-2H3/t10-,14+/m0/s1. The van der Waals surface area contributed by atoms with Crippen LogP contribution in [0.15, 0.2) is 29.3 Å². The van der Waals surface area contributed by atoms with Gasteiger partial charge in [-0.2, -0.15) is 0 Å². The summed E-state index contributed by atoms with van der Waals surface area (Å²) in [5, 5.41) is 11.0. The lowest BCUT2D eigenvalue weighted by Crippen LogP contribution is -2.48. The normalized spacial score (nSPS) is 28.5. The highest BCUT2D eigenvalue weighted by molar-refractivity contribution is 5.99. The molecule has 5 heteroatoms. The quantitative estimate of drug-likeness (QED) is 0.766. The zero-order valence-electron chi connectivity index (χ0n) is 11.0. The number of aliphatic imine (C=N–C) groups is 1. The Morgan fingerprint density at radius 2 is 2.26 bits per heavy atom. The number of para-hydroxylation sites is 1. The first-order chi connectivity index (χ1) is 9.09. The molecule has 0 amide bonds. The van der Waals surface area contributed by atoms with Crippen molar-refractivity contribution in [3.63, 3.8) is 0 Å². The average Bonchev–Trinajstić information content (AvgIpc) is 2.80. The fourth-order valence-electron chi connectivity index (χ4n) is 3.00. The number of amidine groups is 1. The first-order valence-electron chi connectivity index (χ1n) is 6.29. The minimum Gasteiger partial charge on any atom is -0.467 e. The van der Waals surface area contributed by atoms with Gasteiger partial charge in [0.25, 0.3) is 0 Å². The zero-order valence-corrected chi connectivity index (χ0v) is 11.0. The molecule has 2 atom stereocenters. The summed E-state index contributed by atoms with van der Waals surface area (Å²) < 4.78 is 4.83. The zero-order chi connectivity index (χ0) is 13.6. The lowest BCUT2D eigenvalue weighted by molar-refractivity contribution is -0.167. The Labute approximate surface area is 111 Å². The summed E-state index contributed by atoms with van der Waals surface area (Å²) in [7, 11) is 3.22. The topological polar surface area (TPSA) is 62.1 Å². The van der Waals surface area contributed by atoms with Crippen LogP contribution >= 0.6 is 0 Å². The van der Waals surface area contributed by atoms with Gasteiger partial charge in [0.1, 0.15) is 5.84 Å². The molecule has 0 saturated carbocycles. The van der Waals surface area contributed by atoms with E-state index in [1.54, 1.807) is 18.2 Å². The van der Waals surface area contributed by atoms with E-state index in [9.17, 15) is 9.90 Å². The molecule has 0 aliphatic carbocycles. The Morgan fingerprint density at radius 3 is 3.00 bits per heavy atom. The van der Waals surface area contributed by atoms with Crippen LogP contribution in [-0.2, 0) is 15.1 Å². The summed E-state index contributed by atoms with van der Waals surface area (Å²) in [6, 6.07) is 7.19. The van der Waals surface area contributed by atoms with Crippen LogP contribution < -0.4 is 0 Å². The molecule has 2 heterocycles. The van der Waals surface area contributed by atoms with Crippen LogP contribution in [0.4, 0.5) is 5.69 Å². The van der Waals surface area contributed by atoms with E-state index in [1.807, 2.05) is 18.0 Å². The summed E-state index contributed by atoms with van der Waals surface area (Å²) in [6.45, 7) is 0.775. The van der Waals surface area contributed by atoms with Gasteiger partial charge in [-0.25, -0.2) is 9.79 Å². The van der Waals surface area contributed by atoms with Gasteiger partial charge >= 0.3 is 5.97 Å². The molecule has 1 saturated heterocycles. The van der Waals surface area contributed by atoms with E-state index in [0.717, 1.165) is 12.4 Å². The number of aliphatic hydroxyl groups is 1. The summed E-state index contributed by atoms with van der Waals surface area (Å²) in [4.78, 5) is 18.7. The Balaban J connectivity index is 2.23. The fourth-order valence-corrected chi connectivity index (χ4v) is 3.00. The first kappa shape index (κ1) is 12.2. The van der Waals surface area contributed by atoms with E-state index in [-0.39, 0.29) is 5.92 Å². The summed E-state index contributed by atoms with van der Waals surface area (Å²) in [5.41, 5.74) is -0.464. The first-order valence-corrected chi connectivity index (χ1v) is 6.29. The third-order valence-electron chi connectivity index (χ3n) is 4.01. The Morgan fingerprint density at radius 1 is 1.53 bits per heavy atom. The number of hydrogen-bond acceptors (Lipinski definition) is 5. The molecule has 2 aliphatic rings. The molecule has 3 rings (SSSR count). The molecule has 0 unspecified atom stereocenters. The van der Waals surface area contributed by atoms with Gasteiger partial charge in [-0.1, -0.05) is 18.2 Å². The van der Waals surface area contributed by atoms with Crippen molar-refractivity contribution < 1.29 is 14.6 Å². The maximum atomic E-state index is 12.2. The van der Waals surface area contributed by atoms with Crippen molar-refractivity contribution >= 4 is 17.5 Å². The van der Waals surface area contributed by atoms with Gasteiger partial charge in [0.05, 0.1) is 18.7 Å². The Kier molecular flexibility index (Phi) is 2.60. The number of carbonyl (C=O) groups excluding carboxylic acids is 1. The number of benzene rings is 1. The number of nitrogens with zero attached hydrogens (tertiary/aromatic N) is 2. The van der Waals surface area contributed by atoms with Crippen molar-refractivity contribution in [1.29, 1.82) is 0 Å². The second-order valence-corrected chi connectivity index (χ2v) is 5.01. The smallest absolute Gasteiger partial charge is 0.343 e. The molecular weight excluding hydrogens is 244 g/mol. The van der Waals surface area contributed by atoms with Crippen LogP contribution in [0.1, 0.15) is 12.0 Å². The maximum absolute atomic E-state index is 12.2. The lowest BCUT2D eigenvalue weighted by Gasteiger charge is -2.36.